The second kappa shape index (κ2) is 9.30. The van der Waals surface area contributed by atoms with Crippen molar-refractivity contribution in [3.63, 3.8) is 0 Å². The summed E-state index contributed by atoms with van der Waals surface area (Å²) < 4.78 is 48.3. The number of carbonyl (C=O) groups excluding carboxylic acids is 1. The quantitative estimate of drug-likeness (QED) is 0.192. The molecule has 0 heterocycles. The van der Waals surface area contributed by atoms with Crippen molar-refractivity contribution in [2.24, 2.45) is 5.92 Å². The summed E-state index contributed by atoms with van der Waals surface area (Å²) in [6, 6.07) is 3.24. The first kappa shape index (κ1) is 22.7. The molecule has 2 unspecified atom stereocenters. The molecule has 158 valence electrons. The van der Waals surface area contributed by atoms with Gasteiger partial charge in [0.2, 0.25) is 0 Å². The third kappa shape index (κ3) is 5.72. The van der Waals surface area contributed by atoms with Gasteiger partial charge in [0.15, 0.2) is 5.92 Å². The summed E-state index contributed by atoms with van der Waals surface area (Å²) in [7, 11) is 0. The first-order valence-corrected chi connectivity index (χ1v) is 9.18. The zero-order valence-electron chi connectivity index (χ0n) is 15.4. The highest BCUT2D eigenvalue weighted by Crippen LogP contribution is 2.36. The molecule has 0 aromatic heterocycles. The van der Waals surface area contributed by atoms with Crippen LogP contribution >= 0.6 is 11.6 Å². The second-order valence-corrected chi connectivity index (χ2v) is 6.82. The highest BCUT2D eigenvalue weighted by atomic mass is 35.5. The smallest absolute Gasteiger partial charge is 0.400 e. The van der Waals surface area contributed by atoms with Crippen LogP contribution in [0.25, 0.3) is 0 Å². The fourth-order valence-corrected chi connectivity index (χ4v) is 2.96. The molecule has 0 saturated heterocycles. The summed E-state index contributed by atoms with van der Waals surface area (Å²) in [6.07, 6.45) is 0.874. The van der Waals surface area contributed by atoms with Crippen LogP contribution in [0.4, 0.5) is 13.2 Å². The van der Waals surface area contributed by atoms with Crippen LogP contribution in [0, 0.1) is 16.0 Å². The molecular formula is C19H19ClF3NO5. The summed E-state index contributed by atoms with van der Waals surface area (Å²) in [5.41, 5.74) is -2.47. The standard InChI is InChI=1S/C19H19ClF3NO5/c1-2-3-10-28-17(25)14-6-4-5-9-18(14,24(26)27)29-16-8-7-13(11-15(16)20)12-19(21,22)23/h4-9,11,14H,2-3,10,12H2,1H3. The Morgan fingerprint density at radius 2 is 2.07 bits per heavy atom. The van der Waals surface area contributed by atoms with Crippen molar-refractivity contribution >= 4 is 17.6 Å². The molecule has 1 aromatic carbocycles. The molecular weight excluding hydrogens is 415 g/mol. The summed E-state index contributed by atoms with van der Waals surface area (Å²) in [5, 5.41) is 11.6. The lowest BCUT2D eigenvalue weighted by Gasteiger charge is -2.29. The van der Waals surface area contributed by atoms with Gasteiger partial charge in [0.05, 0.1) is 23.0 Å². The molecule has 0 fully saturated rings. The number of nitro groups is 1. The van der Waals surface area contributed by atoms with Gasteiger partial charge < -0.3 is 9.47 Å². The van der Waals surface area contributed by atoms with Crippen molar-refractivity contribution in [3.8, 4) is 5.75 Å². The lowest BCUT2D eigenvalue weighted by molar-refractivity contribution is -0.605. The maximum Gasteiger partial charge on any atom is 0.400 e. The van der Waals surface area contributed by atoms with Crippen LogP contribution in [-0.2, 0) is 16.0 Å². The maximum atomic E-state index is 12.5. The van der Waals surface area contributed by atoms with E-state index in [1.165, 1.54) is 18.2 Å². The van der Waals surface area contributed by atoms with Crippen LogP contribution in [0.5, 0.6) is 5.75 Å². The number of esters is 1. The minimum Gasteiger partial charge on any atom is -0.465 e. The molecule has 10 heteroatoms. The minimum absolute atomic E-state index is 0.101. The Morgan fingerprint density at radius 3 is 2.66 bits per heavy atom. The van der Waals surface area contributed by atoms with Crippen LogP contribution in [0.2, 0.25) is 5.02 Å². The number of alkyl halides is 3. The lowest BCUT2D eigenvalue weighted by Crippen LogP contribution is -2.52. The third-order valence-electron chi connectivity index (χ3n) is 4.15. The summed E-state index contributed by atoms with van der Waals surface area (Å²) >= 11 is 6.00. The predicted octanol–water partition coefficient (Wildman–Crippen LogP) is 4.88. The van der Waals surface area contributed by atoms with Gasteiger partial charge in [0.25, 0.3) is 0 Å². The minimum atomic E-state index is -4.43. The monoisotopic (exact) mass is 433 g/mol. The summed E-state index contributed by atoms with van der Waals surface area (Å²) in [4.78, 5) is 23.5. The van der Waals surface area contributed by atoms with Gasteiger partial charge in [0.1, 0.15) is 5.75 Å². The van der Waals surface area contributed by atoms with E-state index >= 15 is 0 Å². The molecule has 2 atom stereocenters. The molecule has 1 aliphatic carbocycles. The van der Waals surface area contributed by atoms with E-state index in [1.807, 2.05) is 6.92 Å². The van der Waals surface area contributed by atoms with E-state index in [2.05, 4.69) is 0 Å². The number of allylic oxidation sites excluding steroid dienone is 2. The topological polar surface area (TPSA) is 78.7 Å². The number of hydrogen-bond donors (Lipinski definition) is 0. The molecule has 0 spiro atoms. The number of benzene rings is 1. The molecule has 0 radical (unpaired) electrons. The largest absolute Gasteiger partial charge is 0.465 e. The fourth-order valence-electron chi connectivity index (χ4n) is 2.72. The van der Waals surface area contributed by atoms with E-state index < -0.39 is 35.1 Å². The van der Waals surface area contributed by atoms with Gasteiger partial charge in [0, 0.05) is 6.08 Å². The molecule has 2 rings (SSSR count). The van der Waals surface area contributed by atoms with Gasteiger partial charge in [-0.3, -0.25) is 14.9 Å². The van der Waals surface area contributed by atoms with Crippen LogP contribution in [-0.4, -0.2) is 29.4 Å². The van der Waals surface area contributed by atoms with Crippen LogP contribution in [0.15, 0.2) is 42.5 Å². The van der Waals surface area contributed by atoms with E-state index in [-0.39, 0.29) is 22.9 Å². The SMILES string of the molecule is CCCCOC(=O)C1C=CC=CC1(Oc1ccc(CC(F)(F)F)cc1Cl)[N+](=O)[O-]. The average molecular weight is 434 g/mol. The van der Waals surface area contributed by atoms with Crippen molar-refractivity contribution in [1.29, 1.82) is 0 Å². The Kier molecular flexibility index (Phi) is 7.29. The molecule has 29 heavy (non-hydrogen) atoms. The van der Waals surface area contributed by atoms with Crippen LogP contribution < -0.4 is 4.74 Å². The lowest BCUT2D eigenvalue weighted by atomic mass is 9.91. The first-order valence-electron chi connectivity index (χ1n) is 8.80. The van der Waals surface area contributed by atoms with E-state index in [4.69, 9.17) is 21.1 Å². The fraction of sp³-hybridized carbons (Fsp3) is 0.421. The Balaban J connectivity index is 2.32. The van der Waals surface area contributed by atoms with Gasteiger partial charge in [-0.05, 0) is 24.1 Å². The Hall–Kier alpha value is -2.55. The van der Waals surface area contributed by atoms with Crippen molar-refractivity contribution in [2.45, 2.75) is 38.1 Å². The normalized spacial score (nSPS) is 21.1. The van der Waals surface area contributed by atoms with Gasteiger partial charge >= 0.3 is 17.9 Å². The number of unbranched alkanes of at least 4 members (excludes halogenated alkanes) is 1. The predicted molar refractivity (Wildman–Crippen MR) is 99.2 cm³/mol. The van der Waals surface area contributed by atoms with E-state index in [0.29, 0.717) is 6.42 Å². The maximum absolute atomic E-state index is 12.5. The van der Waals surface area contributed by atoms with Crippen molar-refractivity contribution < 1.29 is 32.4 Å². The Bertz CT molecular complexity index is 825. The average Bonchev–Trinajstić information content (AvgIpc) is 2.63. The zero-order valence-corrected chi connectivity index (χ0v) is 16.2. The molecule has 0 amide bonds. The molecule has 6 nitrogen and oxygen atoms in total. The highest BCUT2D eigenvalue weighted by Gasteiger charge is 2.56. The number of nitrogens with zero attached hydrogens (tertiary/aromatic N) is 1. The number of hydrogen-bond acceptors (Lipinski definition) is 5. The number of carbonyl (C=O) groups is 1. The van der Waals surface area contributed by atoms with Gasteiger partial charge in [-0.25, -0.2) is 0 Å². The van der Waals surface area contributed by atoms with Gasteiger partial charge in [-0.1, -0.05) is 49.2 Å². The molecule has 0 saturated carbocycles. The third-order valence-corrected chi connectivity index (χ3v) is 4.45. The van der Waals surface area contributed by atoms with Gasteiger partial charge in [-0.15, -0.1) is 0 Å². The summed E-state index contributed by atoms with van der Waals surface area (Å²) in [5.74, 6) is -2.47. The molecule has 1 aliphatic rings. The summed E-state index contributed by atoms with van der Waals surface area (Å²) in [6.45, 7) is 2.00. The number of rotatable bonds is 8. The van der Waals surface area contributed by atoms with Gasteiger partial charge in [-0.2, -0.15) is 13.2 Å². The zero-order chi connectivity index (χ0) is 21.7. The molecule has 0 N–H and O–H groups in total. The Morgan fingerprint density at radius 1 is 1.34 bits per heavy atom. The highest BCUT2D eigenvalue weighted by molar-refractivity contribution is 6.32. The second-order valence-electron chi connectivity index (χ2n) is 6.41. The molecule has 0 aliphatic heterocycles. The van der Waals surface area contributed by atoms with Crippen molar-refractivity contribution in [2.75, 3.05) is 6.61 Å². The van der Waals surface area contributed by atoms with E-state index in [9.17, 15) is 28.1 Å². The van der Waals surface area contributed by atoms with Crippen LogP contribution in [0.1, 0.15) is 25.3 Å². The van der Waals surface area contributed by atoms with Crippen molar-refractivity contribution in [3.05, 3.63) is 63.2 Å². The number of halogens is 4. The first-order chi connectivity index (χ1) is 13.6. The van der Waals surface area contributed by atoms with E-state index in [1.54, 1.807) is 0 Å². The van der Waals surface area contributed by atoms with E-state index in [0.717, 1.165) is 30.7 Å². The van der Waals surface area contributed by atoms with Crippen LogP contribution in [0.3, 0.4) is 0 Å². The molecule has 0 bridgehead atoms. The Labute approximate surface area is 170 Å². The van der Waals surface area contributed by atoms with Crippen molar-refractivity contribution in [1.82, 2.24) is 0 Å². The number of ether oxygens (including phenoxy) is 2. The molecule has 1 aromatic rings.